The summed E-state index contributed by atoms with van der Waals surface area (Å²) in [5.74, 6) is 3.84. The average Bonchev–Trinajstić information content (AvgIpc) is 2.28. The number of hydrogen-bond acceptors (Lipinski definition) is 2. The Kier molecular flexibility index (Phi) is 0.703. The van der Waals surface area contributed by atoms with E-state index in [9.17, 15) is 0 Å². The first-order valence-electron chi connectivity index (χ1n) is 5.44. The maximum absolute atomic E-state index is 5.74. The standard InChI is InChI=1S/C10H12BO2/c1-9-7-3-5-4-2-6(10(4,5)7)8(9)12-11-13-9/h4-8H,2-3H2,1H3/t4?,5?,6?,7-,8?,9+,10+/m1/s1. The van der Waals surface area contributed by atoms with Crippen LogP contribution < -0.4 is 0 Å². The third-order valence-corrected chi connectivity index (χ3v) is 6.03. The van der Waals surface area contributed by atoms with Crippen molar-refractivity contribution in [1.29, 1.82) is 0 Å². The van der Waals surface area contributed by atoms with Gasteiger partial charge in [0.25, 0.3) is 0 Å². The Hall–Kier alpha value is -0.0151. The van der Waals surface area contributed by atoms with E-state index >= 15 is 0 Å². The largest absolute Gasteiger partial charge is 0.488 e. The molecule has 67 valence electrons. The summed E-state index contributed by atoms with van der Waals surface area (Å²) in [5.41, 5.74) is 0.806. The van der Waals surface area contributed by atoms with E-state index in [0.29, 0.717) is 6.10 Å². The maximum atomic E-state index is 5.74. The molecular formula is C10H12BO2. The van der Waals surface area contributed by atoms with Crippen LogP contribution in [0.15, 0.2) is 0 Å². The van der Waals surface area contributed by atoms with Crippen molar-refractivity contribution in [2.75, 3.05) is 0 Å². The summed E-state index contributed by atoms with van der Waals surface area (Å²) < 4.78 is 11.4. The Morgan fingerprint density at radius 1 is 1.23 bits per heavy atom. The van der Waals surface area contributed by atoms with E-state index in [4.69, 9.17) is 9.31 Å². The van der Waals surface area contributed by atoms with Gasteiger partial charge in [0.05, 0.1) is 11.7 Å². The summed E-state index contributed by atoms with van der Waals surface area (Å²) in [6.45, 7) is 2.27. The molecule has 1 aliphatic heterocycles. The van der Waals surface area contributed by atoms with Crippen LogP contribution in [0.4, 0.5) is 0 Å². The maximum Gasteiger partial charge on any atom is 0.488 e. The molecule has 4 saturated carbocycles. The molecule has 7 atom stereocenters. The molecule has 4 unspecified atom stereocenters. The highest BCUT2D eigenvalue weighted by molar-refractivity contribution is 6.19. The fourth-order valence-corrected chi connectivity index (χ4v) is 5.55. The van der Waals surface area contributed by atoms with Gasteiger partial charge in [-0.3, -0.25) is 0 Å². The zero-order valence-electron chi connectivity index (χ0n) is 7.69. The van der Waals surface area contributed by atoms with E-state index in [1.54, 1.807) is 7.69 Å². The van der Waals surface area contributed by atoms with Crippen LogP contribution in [0.25, 0.3) is 0 Å². The molecule has 0 bridgehead atoms. The van der Waals surface area contributed by atoms with Gasteiger partial charge in [-0.15, -0.1) is 0 Å². The van der Waals surface area contributed by atoms with Crippen molar-refractivity contribution in [3.05, 3.63) is 0 Å². The van der Waals surface area contributed by atoms with Crippen LogP contribution in [0.5, 0.6) is 0 Å². The molecule has 0 aromatic heterocycles. The molecule has 5 rings (SSSR count). The van der Waals surface area contributed by atoms with Crippen LogP contribution in [0.2, 0.25) is 0 Å². The molecule has 1 radical (unpaired) electrons. The van der Waals surface area contributed by atoms with Crippen LogP contribution >= 0.6 is 0 Å². The Bertz CT molecular complexity index is 323. The summed E-state index contributed by atoms with van der Waals surface area (Å²) in [5, 5.41) is 0. The average molecular weight is 175 g/mol. The molecule has 1 spiro atoms. The second kappa shape index (κ2) is 1.41. The van der Waals surface area contributed by atoms with Crippen LogP contribution in [-0.4, -0.2) is 19.4 Å². The van der Waals surface area contributed by atoms with Gasteiger partial charge in [0.15, 0.2) is 0 Å². The fourth-order valence-electron chi connectivity index (χ4n) is 5.55. The lowest BCUT2D eigenvalue weighted by molar-refractivity contribution is -0.00713. The fraction of sp³-hybridized carbons (Fsp3) is 1.00. The van der Waals surface area contributed by atoms with Gasteiger partial charge in [-0.25, -0.2) is 0 Å². The first-order chi connectivity index (χ1) is 6.29. The van der Waals surface area contributed by atoms with Crippen LogP contribution in [0.1, 0.15) is 19.8 Å². The van der Waals surface area contributed by atoms with Crippen molar-refractivity contribution in [2.24, 2.45) is 29.1 Å². The Morgan fingerprint density at radius 2 is 2.08 bits per heavy atom. The highest BCUT2D eigenvalue weighted by atomic mass is 16.7. The SMILES string of the molecule is C[C@@]12O[B]OC1C1CC3C4C[C@H]2[C@@]341. The van der Waals surface area contributed by atoms with Gasteiger partial charge in [-0.2, -0.15) is 0 Å². The second-order valence-electron chi connectivity index (χ2n) is 5.80. The summed E-state index contributed by atoms with van der Waals surface area (Å²) in [4.78, 5) is 0. The van der Waals surface area contributed by atoms with Crippen molar-refractivity contribution in [3.8, 4) is 0 Å². The molecule has 1 saturated heterocycles. The normalized spacial score (nSPS) is 79.9. The number of fused-ring (bicyclic) bond motifs is 4. The minimum Gasteiger partial charge on any atom is -0.407 e. The van der Waals surface area contributed by atoms with Crippen molar-refractivity contribution in [2.45, 2.75) is 31.5 Å². The van der Waals surface area contributed by atoms with Gasteiger partial charge in [0.2, 0.25) is 0 Å². The second-order valence-corrected chi connectivity index (χ2v) is 5.80. The molecule has 0 N–H and O–H groups in total. The summed E-state index contributed by atoms with van der Waals surface area (Å²) in [7, 11) is 1.60. The first kappa shape index (κ1) is 6.47. The van der Waals surface area contributed by atoms with Gasteiger partial charge >= 0.3 is 7.69 Å². The quantitative estimate of drug-likeness (QED) is 0.511. The Labute approximate surface area is 78.3 Å². The summed E-state index contributed by atoms with van der Waals surface area (Å²) in [6, 6.07) is 0. The third kappa shape index (κ3) is 0.368. The van der Waals surface area contributed by atoms with E-state index in [-0.39, 0.29) is 5.60 Å². The highest BCUT2D eigenvalue weighted by Crippen LogP contribution is 2.93. The molecular weight excluding hydrogens is 163 g/mol. The van der Waals surface area contributed by atoms with E-state index in [2.05, 4.69) is 6.92 Å². The molecule has 0 aromatic carbocycles. The zero-order chi connectivity index (χ0) is 8.42. The molecule has 3 heteroatoms. The lowest BCUT2D eigenvalue weighted by Gasteiger charge is -2.42. The lowest BCUT2D eigenvalue weighted by atomic mass is 9.64. The van der Waals surface area contributed by atoms with Crippen LogP contribution in [0, 0.1) is 29.1 Å². The monoisotopic (exact) mass is 175 g/mol. The Morgan fingerprint density at radius 3 is 2.85 bits per heavy atom. The molecule has 5 aliphatic rings. The lowest BCUT2D eigenvalue weighted by Crippen LogP contribution is -2.43. The summed E-state index contributed by atoms with van der Waals surface area (Å²) in [6.07, 6.45) is 3.26. The van der Waals surface area contributed by atoms with Crippen LogP contribution in [-0.2, 0) is 9.31 Å². The summed E-state index contributed by atoms with van der Waals surface area (Å²) >= 11 is 0. The number of hydrogen-bond donors (Lipinski definition) is 0. The molecule has 4 aliphatic carbocycles. The van der Waals surface area contributed by atoms with Crippen molar-refractivity contribution in [1.82, 2.24) is 0 Å². The predicted molar refractivity (Wildman–Crippen MR) is 45.7 cm³/mol. The van der Waals surface area contributed by atoms with Crippen molar-refractivity contribution in [3.63, 3.8) is 0 Å². The third-order valence-electron chi connectivity index (χ3n) is 6.03. The molecule has 0 amide bonds. The van der Waals surface area contributed by atoms with Gasteiger partial charge in [-0.1, -0.05) is 0 Å². The smallest absolute Gasteiger partial charge is 0.407 e. The predicted octanol–water partition coefficient (Wildman–Crippen LogP) is 0.980. The van der Waals surface area contributed by atoms with E-state index in [1.807, 2.05) is 0 Å². The van der Waals surface area contributed by atoms with E-state index < -0.39 is 0 Å². The van der Waals surface area contributed by atoms with Crippen molar-refractivity contribution < 1.29 is 9.31 Å². The minimum atomic E-state index is 0.0619. The molecule has 1 heterocycles. The van der Waals surface area contributed by atoms with E-state index in [0.717, 1.165) is 29.1 Å². The van der Waals surface area contributed by atoms with Crippen molar-refractivity contribution >= 4 is 7.69 Å². The van der Waals surface area contributed by atoms with Gasteiger partial charge in [-0.05, 0) is 48.9 Å². The number of rotatable bonds is 0. The molecule has 13 heavy (non-hydrogen) atoms. The van der Waals surface area contributed by atoms with E-state index in [1.165, 1.54) is 12.8 Å². The zero-order valence-corrected chi connectivity index (χ0v) is 7.69. The van der Waals surface area contributed by atoms with Gasteiger partial charge in [0.1, 0.15) is 0 Å². The van der Waals surface area contributed by atoms with Gasteiger partial charge in [0, 0.05) is 0 Å². The molecule has 5 fully saturated rings. The van der Waals surface area contributed by atoms with Crippen LogP contribution in [0.3, 0.4) is 0 Å². The molecule has 2 nitrogen and oxygen atoms in total. The Balaban J connectivity index is 1.73. The minimum absolute atomic E-state index is 0.0619. The van der Waals surface area contributed by atoms with Gasteiger partial charge < -0.3 is 9.31 Å². The first-order valence-corrected chi connectivity index (χ1v) is 5.44. The topological polar surface area (TPSA) is 18.5 Å². The highest BCUT2D eigenvalue weighted by Gasteiger charge is 2.93. The molecule has 0 aromatic rings.